The van der Waals surface area contributed by atoms with E-state index >= 15 is 0 Å². The number of amides is 1. The summed E-state index contributed by atoms with van der Waals surface area (Å²) in [6.45, 7) is 2.31. The van der Waals surface area contributed by atoms with Crippen LogP contribution in [0, 0.1) is 6.92 Å². The van der Waals surface area contributed by atoms with Gasteiger partial charge in [0.1, 0.15) is 11.0 Å². The Morgan fingerprint density at radius 3 is 2.52 bits per heavy atom. The third-order valence-corrected chi connectivity index (χ3v) is 9.74. The number of hydrogen-bond donors (Lipinski definition) is 0. The molecule has 0 unspecified atom stereocenters. The lowest BCUT2D eigenvalue weighted by Crippen LogP contribution is -2.52. The van der Waals surface area contributed by atoms with E-state index in [0.29, 0.717) is 17.8 Å². The maximum absolute atomic E-state index is 13.8. The number of thiazole rings is 1. The molecule has 1 aromatic heterocycles. The molecular formula is C22H26BrF2N3O3S2. The molecule has 6 nitrogen and oxygen atoms in total. The minimum atomic E-state index is -3.86. The number of carbonyl (C=O) groups is 1. The molecule has 1 aromatic carbocycles. The van der Waals surface area contributed by atoms with Crippen LogP contribution in [0.2, 0.25) is 0 Å². The second-order valence-electron chi connectivity index (χ2n) is 8.70. The van der Waals surface area contributed by atoms with Gasteiger partial charge in [-0.1, -0.05) is 17.7 Å². The van der Waals surface area contributed by atoms with Gasteiger partial charge < -0.3 is 4.90 Å². The number of carbonyl (C=O) groups excluding carboxylic acids is 1. The number of halogens is 3. The standard InChI is InChI=1S/C22H26BrF2N3O3S2/c1-15-4-6-17(7-5-15)33(30,31)28-12-2-3-18(28)21(29)27(14-20-26-13-19(23)32-20)16-8-10-22(24,25)11-9-16/h4-7,13,16,18H,2-3,8-12,14H2,1H3/t18-/m0/s1. The number of aromatic nitrogens is 1. The number of rotatable bonds is 6. The predicted octanol–water partition coefficient (Wildman–Crippen LogP) is 4.97. The molecule has 0 N–H and O–H groups in total. The molecule has 1 saturated carbocycles. The van der Waals surface area contributed by atoms with Crippen LogP contribution in [-0.4, -0.2) is 53.1 Å². The maximum atomic E-state index is 13.8. The fraction of sp³-hybridized carbons (Fsp3) is 0.545. The average molecular weight is 563 g/mol. The van der Waals surface area contributed by atoms with E-state index in [1.807, 2.05) is 6.92 Å². The van der Waals surface area contributed by atoms with Gasteiger partial charge in [0, 0.05) is 25.4 Å². The number of alkyl halides is 2. The van der Waals surface area contributed by atoms with Crippen molar-refractivity contribution in [1.82, 2.24) is 14.2 Å². The van der Waals surface area contributed by atoms with Crippen molar-refractivity contribution in [1.29, 1.82) is 0 Å². The van der Waals surface area contributed by atoms with E-state index in [1.165, 1.54) is 15.6 Å². The van der Waals surface area contributed by atoms with Crippen molar-refractivity contribution < 1.29 is 22.0 Å². The van der Waals surface area contributed by atoms with Crippen molar-refractivity contribution in [2.45, 2.75) is 74.9 Å². The predicted molar refractivity (Wildman–Crippen MR) is 126 cm³/mol. The van der Waals surface area contributed by atoms with Crippen LogP contribution in [0.15, 0.2) is 39.1 Å². The second kappa shape index (κ2) is 9.67. The highest BCUT2D eigenvalue weighted by molar-refractivity contribution is 9.11. The van der Waals surface area contributed by atoms with Crippen LogP contribution in [0.25, 0.3) is 0 Å². The number of sulfonamides is 1. The van der Waals surface area contributed by atoms with Crippen LogP contribution in [0.3, 0.4) is 0 Å². The Bertz CT molecular complexity index is 1100. The largest absolute Gasteiger partial charge is 0.332 e. The molecule has 180 valence electrons. The van der Waals surface area contributed by atoms with E-state index in [1.54, 1.807) is 35.4 Å². The number of benzene rings is 1. The summed E-state index contributed by atoms with van der Waals surface area (Å²) in [6.07, 6.45) is 2.43. The summed E-state index contributed by atoms with van der Waals surface area (Å²) in [6, 6.07) is 5.35. The summed E-state index contributed by atoms with van der Waals surface area (Å²) in [5, 5.41) is 0.679. The van der Waals surface area contributed by atoms with Crippen molar-refractivity contribution in [3.8, 4) is 0 Å². The Balaban J connectivity index is 1.60. The van der Waals surface area contributed by atoms with Gasteiger partial charge >= 0.3 is 0 Å². The quantitative estimate of drug-likeness (QED) is 0.499. The van der Waals surface area contributed by atoms with Crippen molar-refractivity contribution in [2.75, 3.05) is 6.54 Å². The zero-order valence-electron chi connectivity index (χ0n) is 18.2. The van der Waals surface area contributed by atoms with Gasteiger partial charge in [-0.2, -0.15) is 4.31 Å². The van der Waals surface area contributed by atoms with Gasteiger partial charge in [0.25, 0.3) is 0 Å². The lowest BCUT2D eigenvalue weighted by atomic mass is 9.90. The molecule has 4 rings (SSSR count). The molecule has 1 saturated heterocycles. The fourth-order valence-electron chi connectivity index (χ4n) is 4.54. The number of hydrogen-bond acceptors (Lipinski definition) is 5. The van der Waals surface area contributed by atoms with Crippen molar-refractivity contribution >= 4 is 43.2 Å². The minimum Gasteiger partial charge on any atom is -0.332 e. The average Bonchev–Trinajstić information content (AvgIpc) is 3.42. The first-order chi connectivity index (χ1) is 15.6. The van der Waals surface area contributed by atoms with E-state index < -0.39 is 22.0 Å². The molecule has 1 aliphatic heterocycles. The minimum absolute atomic E-state index is 0.153. The van der Waals surface area contributed by atoms with Crippen LogP contribution < -0.4 is 0 Å². The number of aryl methyl sites for hydroxylation is 1. The maximum Gasteiger partial charge on any atom is 0.248 e. The number of nitrogens with zero attached hydrogens (tertiary/aromatic N) is 3. The summed E-state index contributed by atoms with van der Waals surface area (Å²) in [5.41, 5.74) is 0.942. The Morgan fingerprint density at radius 1 is 1.24 bits per heavy atom. The third-order valence-electron chi connectivity index (χ3n) is 6.36. The molecule has 0 radical (unpaired) electrons. The summed E-state index contributed by atoms with van der Waals surface area (Å²) in [4.78, 5) is 19.8. The van der Waals surface area contributed by atoms with E-state index in [-0.39, 0.29) is 55.6 Å². The molecule has 1 amide bonds. The van der Waals surface area contributed by atoms with Crippen LogP contribution in [0.1, 0.15) is 49.1 Å². The van der Waals surface area contributed by atoms with Gasteiger partial charge in [-0.15, -0.1) is 11.3 Å². The Morgan fingerprint density at radius 2 is 1.91 bits per heavy atom. The molecule has 2 aromatic rings. The van der Waals surface area contributed by atoms with E-state index in [0.717, 1.165) is 9.35 Å². The van der Waals surface area contributed by atoms with Gasteiger partial charge in [-0.3, -0.25) is 4.79 Å². The molecule has 0 bridgehead atoms. The molecule has 2 heterocycles. The molecule has 33 heavy (non-hydrogen) atoms. The Kier molecular flexibility index (Phi) is 7.24. The third kappa shape index (κ3) is 5.47. The normalized spacial score (nSPS) is 21.9. The monoisotopic (exact) mass is 561 g/mol. The van der Waals surface area contributed by atoms with Gasteiger partial charge in [-0.25, -0.2) is 22.2 Å². The second-order valence-corrected chi connectivity index (χ2v) is 13.1. The van der Waals surface area contributed by atoms with Crippen molar-refractivity contribution in [2.24, 2.45) is 0 Å². The molecule has 2 fully saturated rings. The summed E-state index contributed by atoms with van der Waals surface area (Å²) < 4.78 is 56.4. The molecule has 11 heteroatoms. The first-order valence-corrected chi connectivity index (χ1v) is 14.0. The molecule has 1 atom stereocenters. The van der Waals surface area contributed by atoms with E-state index in [4.69, 9.17) is 0 Å². The first-order valence-electron chi connectivity index (χ1n) is 10.9. The van der Waals surface area contributed by atoms with E-state index in [9.17, 15) is 22.0 Å². The SMILES string of the molecule is Cc1ccc(S(=O)(=O)N2CCC[C@H]2C(=O)N(Cc2ncc(Br)s2)C2CCC(F)(F)CC2)cc1. The summed E-state index contributed by atoms with van der Waals surface area (Å²) in [5.74, 6) is -3.05. The highest BCUT2D eigenvalue weighted by atomic mass is 79.9. The van der Waals surface area contributed by atoms with E-state index in [2.05, 4.69) is 20.9 Å². The molecule has 2 aliphatic rings. The topological polar surface area (TPSA) is 70.6 Å². The van der Waals surface area contributed by atoms with Gasteiger partial charge in [-0.05, 0) is 60.7 Å². The van der Waals surface area contributed by atoms with Gasteiger partial charge in [0.15, 0.2) is 0 Å². The highest BCUT2D eigenvalue weighted by Crippen LogP contribution is 2.37. The summed E-state index contributed by atoms with van der Waals surface area (Å²) in [7, 11) is -3.86. The van der Waals surface area contributed by atoms with Crippen LogP contribution >= 0.6 is 27.3 Å². The summed E-state index contributed by atoms with van der Waals surface area (Å²) >= 11 is 4.74. The molecular weight excluding hydrogens is 536 g/mol. The van der Waals surface area contributed by atoms with Gasteiger partial charge in [0.2, 0.25) is 21.9 Å². The fourth-order valence-corrected chi connectivity index (χ4v) is 7.50. The Hall–Kier alpha value is -1.43. The van der Waals surface area contributed by atoms with Gasteiger partial charge in [0.05, 0.1) is 21.4 Å². The van der Waals surface area contributed by atoms with Crippen molar-refractivity contribution in [3.63, 3.8) is 0 Å². The molecule has 0 spiro atoms. The zero-order chi connectivity index (χ0) is 23.8. The Labute approximate surface area is 205 Å². The lowest BCUT2D eigenvalue weighted by molar-refractivity contribution is -0.141. The van der Waals surface area contributed by atoms with Crippen molar-refractivity contribution in [3.05, 3.63) is 44.8 Å². The van der Waals surface area contributed by atoms with Crippen LogP contribution in [0.5, 0.6) is 0 Å². The van der Waals surface area contributed by atoms with Crippen LogP contribution in [0.4, 0.5) is 8.78 Å². The first kappa shape index (κ1) is 24.7. The lowest BCUT2D eigenvalue weighted by Gasteiger charge is -2.38. The molecule has 1 aliphatic carbocycles. The highest BCUT2D eigenvalue weighted by Gasteiger charge is 2.44. The smallest absolute Gasteiger partial charge is 0.248 e. The zero-order valence-corrected chi connectivity index (χ0v) is 21.4. The van der Waals surface area contributed by atoms with Crippen LogP contribution in [-0.2, 0) is 21.4 Å².